The Morgan fingerprint density at radius 1 is 1.26 bits per heavy atom. The molecule has 2 aliphatic rings. The Balaban J connectivity index is 1.77. The Bertz CT molecular complexity index is 480. The number of benzene rings is 1. The Kier molecular flexibility index (Phi) is 3.32. The molecule has 1 saturated carbocycles. The normalized spacial score (nSPS) is 23.6. The quantitative estimate of drug-likeness (QED) is 0.878. The molecular weight excluding hydrogens is 242 g/mol. The topological polar surface area (TPSA) is 58.6 Å². The molecule has 1 aliphatic heterocycles. The smallest absolute Gasteiger partial charge is 0.220 e. The molecule has 1 saturated heterocycles. The summed E-state index contributed by atoms with van der Waals surface area (Å²) < 4.78 is 5.88. The van der Waals surface area contributed by atoms with E-state index in [1.54, 1.807) is 6.07 Å². The fraction of sp³-hybridized carbons (Fsp3) is 0.533. The molecule has 19 heavy (non-hydrogen) atoms. The zero-order valence-corrected chi connectivity index (χ0v) is 10.9. The van der Waals surface area contributed by atoms with Gasteiger partial charge in [-0.1, -0.05) is 6.07 Å². The number of carbonyl (C=O) groups is 1. The van der Waals surface area contributed by atoms with Gasteiger partial charge in [0.15, 0.2) is 11.5 Å². The highest BCUT2D eigenvalue weighted by Gasteiger charge is 2.24. The lowest BCUT2D eigenvalue weighted by Gasteiger charge is -2.16. The van der Waals surface area contributed by atoms with Crippen molar-refractivity contribution in [3.05, 3.63) is 23.8 Å². The monoisotopic (exact) mass is 261 g/mol. The van der Waals surface area contributed by atoms with Crippen molar-refractivity contribution >= 4 is 5.91 Å². The molecule has 4 nitrogen and oxygen atoms in total. The van der Waals surface area contributed by atoms with Gasteiger partial charge < -0.3 is 15.2 Å². The second kappa shape index (κ2) is 5.11. The average Bonchev–Trinajstić information content (AvgIpc) is 3.03. The zero-order chi connectivity index (χ0) is 13.2. The molecule has 1 aromatic rings. The third-order valence-corrected chi connectivity index (χ3v) is 4.03. The molecule has 1 aromatic carbocycles. The van der Waals surface area contributed by atoms with Gasteiger partial charge in [-0.25, -0.2) is 0 Å². The van der Waals surface area contributed by atoms with Crippen LogP contribution < -0.4 is 10.1 Å². The van der Waals surface area contributed by atoms with Crippen LogP contribution in [0.15, 0.2) is 18.2 Å². The summed E-state index contributed by atoms with van der Waals surface area (Å²) in [6.07, 6.45) is 5.27. The number of rotatable bonds is 3. The lowest BCUT2D eigenvalue weighted by Crippen LogP contribution is -2.13. The molecule has 3 rings (SSSR count). The first-order valence-corrected chi connectivity index (χ1v) is 6.98. The largest absolute Gasteiger partial charge is 0.504 e. The van der Waals surface area contributed by atoms with Crippen LogP contribution in [0.4, 0.5) is 0 Å². The van der Waals surface area contributed by atoms with Crippen molar-refractivity contribution in [1.29, 1.82) is 0 Å². The van der Waals surface area contributed by atoms with Gasteiger partial charge in [0.25, 0.3) is 0 Å². The van der Waals surface area contributed by atoms with Gasteiger partial charge in [0.05, 0.1) is 6.10 Å². The van der Waals surface area contributed by atoms with E-state index in [2.05, 4.69) is 5.32 Å². The van der Waals surface area contributed by atoms with Crippen molar-refractivity contribution in [1.82, 2.24) is 5.32 Å². The Morgan fingerprint density at radius 3 is 2.74 bits per heavy atom. The van der Waals surface area contributed by atoms with Crippen LogP contribution in [-0.4, -0.2) is 23.7 Å². The van der Waals surface area contributed by atoms with Crippen molar-refractivity contribution in [3.8, 4) is 11.5 Å². The molecule has 4 heteroatoms. The summed E-state index contributed by atoms with van der Waals surface area (Å²) in [6.45, 7) is 0.673. The van der Waals surface area contributed by atoms with Gasteiger partial charge in [-0.15, -0.1) is 0 Å². The number of phenols is 1. The van der Waals surface area contributed by atoms with E-state index < -0.39 is 0 Å². The number of aromatic hydroxyl groups is 1. The van der Waals surface area contributed by atoms with E-state index in [-0.39, 0.29) is 23.7 Å². The number of phenolic OH excluding ortho intramolecular Hbond substituents is 1. The minimum Gasteiger partial charge on any atom is -0.504 e. The lowest BCUT2D eigenvalue weighted by atomic mass is 9.98. The third kappa shape index (κ3) is 2.67. The van der Waals surface area contributed by atoms with Gasteiger partial charge in [0, 0.05) is 18.9 Å². The molecule has 1 heterocycles. The van der Waals surface area contributed by atoms with E-state index in [4.69, 9.17) is 4.74 Å². The highest BCUT2D eigenvalue weighted by molar-refractivity contribution is 5.79. The molecule has 0 bridgehead atoms. The highest BCUT2D eigenvalue weighted by Crippen LogP contribution is 2.34. The van der Waals surface area contributed by atoms with Gasteiger partial charge in [-0.2, -0.15) is 0 Å². The molecule has 102 valence electrons. The van der Waals surface area contributed by atoms with Crippen molar-refractivity contribution in [2.75, 3.05) is 6.54 Å². The first-order chi connectivity index (χ1) is 9.22. The molecule has 0 radical (unpaired) electrons. The third-order valence-electron chi connectivity index (χ3n) is 4.03. The second-order valence-corrected chi connectivity index (χ2v) is 5.46. The summed E-state index contributed by atoms with van der Waals surface area (Å²) in [4.78, 5) is 11.3. The van der Waals surface area contributed by atoms with E-state index in [0.717, 1.165) is 18.4 Å². The predicted octanol–water partition coefficient (Wildman–Crippen LogP) is 2.32. The van der Waals surface area contributed by atoms with Gasteiger partial charge in [0.2, 0.25) is 5.91 Å². The molecule has 2 fully saturated rings. The number of hydrogen-bond donors (Lipinski definition) is 2. The number of ether oxygens (including phenoxy) is 1. The maximum Gasteiger partial charge on any atom is 0.220 e. The molecule has 1 aliphatic carbocycles. The maximum absolute atomic E-state index is 11.3. The van der Waals surface area contributed by atoms with Crippen LogP contribution in [0.1, 0.15) is 43.6 Å². The SMILES string of the molecule is O=C1CC(c2ccc(O)c(OC3CCCC3)c2)CN1. The molecule has 0 aromatic heterocycles. The van der Waals surface area contributed by atoms with Crippen molar-refractivity contribution in [2.45, 2.75) is 44.1 Å². The van der Waals surface area contributed by atoms with Crippen LogP contribution >= 0.6 is 0 Å². The number of carbonyl (C=O) groups excluding carboxylic acids is 1. The maximum atomic E-state index is 11.3. The Morgan fingerprint density at radius 2 is 2.05 bits per heavy atom. The number of amides is 1. The predicted molar refractivity (Wildman–Crippen MR) is 71.4 cm³/mol. The van der Waals surface area contributed by atoms with Crippen molar-refractivity contribution in [2.24, 2.45) is 0 Å². The van der Waals surface area contributed by atoms with Crippen LogP contribution in [0, 0.1) is 0 Å². The summed E-state index contributed by atoms with van der Waals surface area (Å²) in [5.41, 5.74) is 1.06. The minimum absolute atomic E-state index is 0.0938. The molecule has 1 unspecified atom stereocenters. The number of nitrogens with one attached hydrogen (secondary N) is 1. The molecular formula is C15H19NO3. The molecule has 1 amide bonds. The fourth-order valence-corrected chi connectivity index (χ4v) is 2.91. The Labute approximate surface area is 112 Å². The zero-order valence-electron chi connectivity index (χ0n) is 10.9. The van der Waals surface area contributed by atoms with Crippen LogP contribution in [0.3, 0.4) is 0 Å². The van der Waals surface area contributed by atoms with Crippen molar-refractivity contribution < 1.29 is 14.6 Å². The highest BCUT2D eigenvalue weighted by atomic mass is 16.5. The summed E-state index contributed by atoms with van der Waals surface area (Å²) in [5, 5.41) is 12.7. The minimum atomic E-state index is 0.0938. The standard InChI is InChI=1S/C15H19NO3/c17-13-6-5-10(11-8-15(18)16-9-11)7-14(13)19-12-3-1-2-4-12/h5-7,11-12,17H,1-4,8-9H2,(H,16,18). The summed E-state index contributed by atoms with van der Waals surface area (Å²) in [6, 6.07) is 5.43. The van der Waals surface area contributed by atoms with E-state index >= 15 is 0 Å². The van der Waals surface area contributed by atoms with Crippen LogP contribution in [0.2, 0.25) is 0 Å². The van der Waals surface area contributed by atoms with E-state index in [1.807, 2.05) is 12.1 Å². The van der Waals surface area contributed by atoms with Gasteiger partial charge >= 0.3 is 0 Å². The van der Waals surface area contributed by atoms with Crippen LogP contribution in [0.5, 0.6) is 11.5 Å². The summed E-state index contributed by atoms with van der Waals surface area (Å²) >= 11 is 0. The average molecular weight is 261 g/mol. The summed E-state index contributed by atoms with van der Waals surface area (Å²) in [7, 11) is 0. The molecule has 1 atom stereocenters. The Hall–Kier alpha value is -1.71. The first-order valence-electron chi connectivity index (χ1n) is 6.98. The van der Waals surface area contributed by atoms with E-state index in [1.165, 1.54) is 12.8 Å². The van der Waals surface area contributed by atoms with E-state index in [0.29, 0.717) is 18.7 Å². The summed E-state index contributed by atoms with van der Waals surface area (Å²) in [5.74, 6) is 1.03. The fourth-order valence-electron chi connectivity index (χ4n) is 2.91. The number of hydrogen-bond acceptors (Lipinski definition) is 3. The van der Waals surface area contributed by atoms with Crippen LogP contribution in [0.25, 0.3) is 0 Å². The lowest BCUT2D eigenvalue weighted by molar-refractivity contribution is -0.119. The van der Waals surface area contributed by atoms with Crippen LogP contribution in [-0.2, 0) is 4.79 Å². The molecule has 0 spiro atoms. The molecule has 2 N–H and O–H groups in total. The van der Waals surface area contributed by atoms with Crippen molar-refractivity contribution in [3.63, 3.8) is 0 Å². The van der Waals surface area contributed by atoms with Gasteiger partial charge in [0.1, 0.15) is 0 Å². The first kappa shape index (κ1) is 12.3. The van der Waals surface area contributed by atoms with Gasteiger partial charge in [-0.05, 0) is 43.4 Å². The van der Waals surface area contributed by atoms with Gasteiger partial charge in [-0.3, -0.25) is 4.79 Å². The van der Waals surface area contributed by atoms with E-state index in [9.17, 15) is 9.90 Å². The second-order valence-electron chi connectivity index (χ2n) is 5.46.